The molecule has 1 aromatic carbocycles. The summed E-state index contributed by atoms with van der Waals surface area (Å²) in [5.41, 5.74) is 1.27. The molecule has 1 aliphatic rings. The van der Waals surface area contributed by atoms with Crippen LogP contribution in [0.2, 0.25) is 0 Å². The fourth-order valence-electron chi connectivity index (χ4n) is 3.72. The van der Waals surface area contributed by atoms with Crippen LogP contribution in [0.4, 0.5) is 11.6 Å². The highest BCUT2D eigenvalue weighted by Crippen LogP contribution is 2.22. The summed E-state index contributed by atoms with van der Waals surface area (Å²) >= 11 is 0. The molecule has 35 heavy (non-hydrogen) atoms. The lowest BCUT2D eigenvalue weighted by Gasteiger charge is -2.34. The molecule has 12 nitrogen and oxygen atoms in total. The number of sulfonamides is 1. The highest BCUT2D eigenvalue weighted by atomic mass is 32.2. The van der Waals surface area contributed by atoms with E-state index < -0.39 is 40.2 Å². The zero-order valence-electron chi connectivity index (χ0n) is 19.1. The van der Waals surface area contributed by atoms with E-state index in [4.69, 9.17) is 5.11 Å². The van der Waals surface area contributed by atoms with Crippen LogP contribution in [-0.4, -0.2) is 84.6 Å². The minimum Gasteiger partial charge on any atom is -0.480 e. The van der Waals surface area contributed by atoms with Crippen molar-refractivity contribution in [1.82, 2.24) is 20.0 Å². The molecule has 5 N–H and O–H groups in total. The van der Waals surface area contributed by atoms with Crippen LogP contribution in [0.1, 0.15) is 29.6 Å². The fourth-order valence-corrected chi connectivity index (χ4v) is 4.96. The quantitative estimate of drug-likeness (QED) is 0.264. The number of amides is 1. The number of anilines is 2. The second-order valence-corrected chi connectivity index (χ2v) is 10.0. The van der Waals surface area contributed by atoms with Gasteiger partial charge in [0, 0.05) is 55.9 Å². The summed E-state index contributed by atoms with van der Waals surface area (Å²) in [6, 6.07) is 7.35. The summed E-state index contributed by atoms with van der Waals surface area (Å²) in [5, 5.41) is 23.9. The van der Waals surface area contributed by atoms with Gasteiger partial charge in [-0.1, -0.05) is 0 Å². The molecule has 2 aromatic rings. The van der Waals surface area contributed by atoms with Gasteiger partial charge < -0.3 is 25.7 Å². The third-order valence-corrected chi connectivity index (χ3v) is 6.94. The zero-order valence-corrected chi connectivity index (χ0v) is 19.9. The molecule has 1 fully saturated rings. The molecule has 2 atom stereocenters. The zero-order chi connectivity index (χ0) is 25.3. The van der Waals surface area contributed by atoms with Gasteiger partial charge in [-0.3, -0.25) is 9.59 Å². The van der Waals surface area contributed by atoms with Crippen LogP contribution in [0.15, 0.2) is 42.7 Å². The van der Waals surface area contributed by atoms with Crippen molar-refractivity contribution < 1.29 is 28.2 Å². The van der Waals surface area contributed by atoms with Gasteiger partial charge in [0.05, 0.1) is 5.75 Å². The van der Waals surface area contributed by atoms with Crippen LogP contribution in [0.5, 0.6) is 0 Å². The second-order valence-electron chi connectivity index (χ2n) is 8.16. The first kappa shape index (κ1) is 26.3. The first-order valence-corrected chi connectivity index (χ1v) is 12.9. The Hall–Kier alpha value is -3.29. The average Bonchev–Trinajstić information content (AvgIpc) is 2.86. The number of hydrogen-bond donors (Lipinski definition) is 5. The predicted octanol–water partition coefficient (Wildman–Crippen LogP) is 0.0423. The molecular formula is C22H30N6O6S. The third kappa shape index (κ3) is 8.16. The predicted molar refractivity (Wildman–Crippen MR) is 130 cm³/mol. The molecule has 1 saturated heterocycles. The van der Waals surface area contributed by atoms with E-state index in [0.29, 0.717) is 11.5 Å². The first-order valence-electron chi connectivity index (χ1n) is 11.3. The standard InChI is InChI=1S/C22H30N6O6S/c29-12-3-13-35(33,34)27-19(21(31)32)14-25-20(30)16-5-7-18(8-6-16)28-11-1-4-17(15-28)26-22-23-9-2-10-24-22/h2,5-10,17,19,27,29H,1,3-4,11-15H2,(H,25,30)(H,31,32)(H,23,24,26)/t17-,19-/m0/s1. The van der Waals surface area contributed by atoms with Crippen LogP contribution in [0.25, 0.3) is 0 Å². The van der Waals surface area contributed by atoms with E-state index >= 15 is 0 Å². The van der Waals surface area contributed by atoms with Gasteiger partial charge in [0.1, 0.15) is 6.04 Å². The number of carboxylic acids is 1. The molecule has 1 amide bonds. The van der Waals surface area contributed by atoms with Gasteiger partial charge in [0.25, 0.3) is 5.91 Å². The number of carbonyl (C=O) groups is 2. The largest absolute Gasteiger partial charge is 0.480 e. The Balaban J connectivity index is 1.54. The Labute approximate surface area is 203 Å². The molecule has 3 rings (SSSR count). The molecule has 0 aliphatic carbocycles. The maximum atomic E-state index is 12.5. The molecule has 0 unspecified atom stereocenters. The summed E-state index contributed by atoms with van der Waals surface area (Å²) in [6.07, 6.45) is 5.32. The van der Waals surface area contributed by atoms with Crippen LogP contribution in [0, 0.1) is 0 Å². The Morgan fingerprint density at radius 3 is 2.54 bits per heavy atom. The van der Waals surface area contributed by atoms with Crippen LogP contribution in [0.3, 0.4) is 0 Å². The molecule has 2 heterocycles. The summed E-state index contributed by atoms with van der Waals surface area (Å²) in [5.74, 6) is -1.76. The monoisotopic (exact) mass is 506 g/mol. The van der Waals surface area contributed by atoms with Gasteiger partial charge in [-0.25, -0.2) is 18.4 Å². The van der Waals surface area contributed by atoms with Gasteiger partial charge in [-0.05, 0) is 49.6 Å². The molecule has 0 spiro atoms. The number of carboxylic acid groups (broad SMARTS) is 1. The Morgan fingerprint density at radius 1 is 1.17 bits per heavy atom. The van der Waals surface area contributed by atoms with Gasteiger partial charge in [-0.15, -0.1) is 0 Å². The lowest BCUT2D eigenvalue weighted by molar-refractivity contribution is -0.138. The molecular weight excluding hydrogens is 476 g/mol. The normalized spacial score (nSPS) is 16.9. The number of hydrogen-bond acceptors (Lipinski definition) is 9. The minimum absolute atomic E-state index is 0.0196. The first-order chi connectivity index (χ1) is 16.8. The lowest BCUT2D eigenvalue weighted by Crippen LogP contribution is -2.49. The van der Waals surface area contributed by atoms with Crippen molar-refractivity contribution in [3.8, 4) is 0 Å². The van der Waals surface area contributed by atoms with Crippen molar-refractivity contribution in [2.45, 2.75) is 31.3 Å². The fraction of sp³-hybridized carbons (Fsp3) is 0.455. The van der Waals surface area contributed by atoms with E-state index in [-0.39, 0.29) is 19.1 Å². The number of piperidine rings is 1. The average molecular weight is 507 g/mol. The molecule has 1 aromatic heterocycles. The SMILES string of the molecule is O=C(NC[C@H](NS(=O)(=O)CCCO)C(=O)O)c1ccc(N2CCC[C@H](Nc3ncccn3)C2)cc1. The van der Waals surface area contributed by atoms with Crippen molar-refractivity contribution in [3.05, 3.63) is 48.3 Å². The number of benzene rings is 1. The van der Waals surface area contributed by atoms with E-state index in [2.05, 4.69) is 25.5 Å². The molecule has 1 aliphatic heterocycles. The summed E-state index contributed by atoms with van der Waals surface area (Å²) in [6.45, 7) is 0.868. The molecule has 0 bridgehead atoms. The van der Waals surface area contributed by atoms with Crippen molar-refractivity contribution >= 4 is 33.5 Å². The summed E-state index contributed by atoms with van der Waals surface area (Å²) in [7, 11) is -3.90. The van der Waals surface area contributed by atoms with E-state index in [1.807, 2.05) is 16.9 Å². The topological polar surface area (TPSA) is 174 Å². The smallest absolute Gasteiger partial charge is 0.323 e. The van der Waals surface area contributed by atoms with Crippen LogP contribution in [-0.2, 0) is 14.8 Å². The van der Waals surface area contributed by atoms with Crippen LogP contribution >= 0.6 is 0 Å². The third-order valence-electron chi connectivity index (χ3n) is 5.47. The van der Waals surface area contributed by atoms with E-state index in [1.54, 1.807) is 30.6 Å². The maximum absolute atomic E-state index is 12.5. The van der Waals surface area contributed by atoms with E-state index in [9.17, 15) is 23.1 Å². The molecule has 0 saturated carbocycles. The summed E-state index contributed by atoms with van der Waals surface area (Å²) < 4.78 is 25.9. The molecule has 0 radical (unpaired) electrons. The van der Waals surface area contributed by atoms with Crippen molar-refractivity contribution in [3.63, 3.8) is 0 Å². The summed E-state index contributed by atoms with van der Waals surface area (Å²) in [4.78, 5) is 34.5. The van der Waals surface area contributed by atoms with Gasteiger partial charge in [0.15, 0.2) is 0 Å². The van der Waals surface area contributed by atoms with Crippen LogP contribution < -0.4 is 20.3 Å². The number of aliphatic carboxylic acids is 1. The highest BCUT2D eigenvalue weighted by molar-refractivity contribution is 7.89. The number of nitrogens with zero attached hydrogens (tertiary/aromatic N) is 3. The Morgan fingerprint density at radius 2 is 1.89 bits per heavy atom. The molecule has 190 valence electrons. The number of carbonyl (C=O) groups excluding carboxylic acids is 1. The number of aliphatic hydroxyl groups excluding tert-OH is 1. The maximum Gasteiger partial charge on any atom is 0.323 e. The number of aliphatic hydroxyl groups is 1. The number of aromatic nitrogens is 2. The Bertz CT molecular complexity index is 1080. The minimum atomic E-state index is -3.90. The lowest BCUT2D eigenvalue weighted by atomic mass is 10.0. The van der Waals surface area contributed by atoms with E-state index in [0.717, 1.165) is 31.6 Å². The van der Waals surface area contributed by atoms with Gasteiger partial charge >= 0.3 is 5.97 Å². The highest BCUT2D eigenvalue weighted by Gasteiger charge is 2.25. The Kier molecular flexibility index (Phi) is 9.34. The number of rotatable bonds is 12. The van der Waals surface area contributed by atoms with E-state index in [1.165, 1.54) is 0 Å². The number of nitrogens with one attached hydrogen (secondary N) is 3. The second kappa shape index (κ2) is 12.4. The van der Waals surface area contributed by atoms with Crippen molar-refractivity contribution in [2.75, 3.05) is 42.2 Å². The van der Waals surface area contributed by atoms with Crippen molar-refractivity contribution in [1.29, 1.82) is 0 Å². The van der Waals surface area contributed by atoms with Gasteiger partial charge in [-0.2, -0.15) is 4.72 Å². The van der Waals surface area contributed by atoms with Gasteiger partial charge in [0.2, 0.25) is 16.0 Å². The van der Waals surface area contributed by atoms with Crippen molar-refractivity contribution in [2.24, 2.45) is 0 Å². The molecule has 13 heteroatoms.